The summed E-state index contributed by atoms with van der Waals surface area (Å²) in [6.45, 7) is 0. The number of hydrazine groups is 1. The number of methoxy groups -OCH3 is 1. The quantitative estimate of drug-likeness (QED) is 0.281. The van der Waals surface area contributed by atoms with Crippen LogP contribution in [0, 0.1) is 5.82 Å². The van der Waals surface area contributed by atoms with Crippen molar-refractivity contribution in [2.75, 3.05) is 12.4 Å². The normalized spacial score (nSPS) is 9.44. The fourth-order valence-electron chi connectivity index (χ4n) is 1.01. The number of halogens is 1. The predicted octanol–water partition coefficient (Wildman–Crippen LogP) is -0.237. The van der Waals surface area contributed by atoms with Crippen molar-refractivity contribution in [3.05, 3.63) is 24.0 Å². The fourth-order valence-corrected chi connectivity index (χ4v) is 1.01. The molecule has 1 aromatic rings. The van der Waals surface area contributed by atoms with Crippen LogP contribution < -0.4 is 21.3 Å². The number of anilines is 1. The van der Waals surface area contributed by atoms with Gasteiger partial charge in [-0.3, -0.25) is 15.0 Å². The second-order valence-electron chi connectivity index (χ2n) is 2.77. The third-order valence-corrected chi connectivity index (χ3v) is 1.75. The van der Waals surface area contributed by atoms with Crippen molar-refractivity contribution in [3.63, 3.8) is 0 Å². The van der Waals surface area contributed by atoms with Crippen molar-refractivity contribution in [2.45, 2.75) is 0 Å². The molecule has 0 fully saturated rings. The SMILES string of the molecule is COc1cc(F)ccc1NC(=O)C(=O)NN. The molecule has 16 heavy (non-hydrogen) atoms. The van der Waals surface area contributed by atoms with E-state index in [0.717, 1.165) is 12.1 Å². The molecule has 0 bridgehead atoms. The Kier molecular flexibility index (Phi) is 3.78. The Labute approximate surface area is 90.5 Å². The van der Waals surface area contributed by atoms with Gasteiger partial charge in [-0.2, -0.15) is 0 Å². The Morgan fingerprint density at radius 2 is 2.06 bits per heavy atom. The third-order valence-electron chi connectivity index (χ3n) is 1.75. The molecule has 1 aromatic carbocycles. The molecule has 6 nitrogen and oxygen atoms in total. The van der Waals surface area contributed by atoms with E-state index in [0.29, 0.717) is 0 Å². The molecular weight excluding hydrogens is 217 g/mol. The molecule has 0 radical (unpaired) electrons. The summed E-state index contributed by atoms with van der Waals surface area (Å²) in [5, 5.41) is 2.22. The highest BCUT2D eigenvalue weighted by Crippen LogP contribution is 2.24. The Morgan fingerprint density at radius 1 is 1.38 bits per heavy atom. The number of carbonyl (C=O) groups excluding carboxylic acids is 2. The zero-order valence-electron chi connectivity index (χ0n) is 8.41. The number of hydrogen-bond acceptors (Lipinski definition) is 4. The molecule has 1 rings (SSSR count). The maximum Gasteiger partial charge on any atom is 0.323 e. The van der Waals surface area contributed by atoms with Gasteiger partial charge in [0.2, 0.25) is 0 Å². The molecule has 0 heterocycles. The summed E-state index contributed by atoms with van der Waals surface area (Å²) in [4.78, 5) is 22.0. The van der Waals surface area contributed by atoms with Gasteiger partial charge in [0.25, 0.3) is 0 Å². The molecule has 86 valence electrons. The lowest BCUT2D eigenvalue weighted by Crippen LogP contribution is -2.39. The molecule has 0 aromatic heterocycles. The van der Waals surface area contributed by atoms with Crippen molar-refractivity contribution in [1.29, 1.82) is 0 Å². The highest BCUT2D eigenvalue weighted by atomic mass is 19.1. The molecule has 0 saturated carbocycles. The van der Waals surface area contributed by atoms with Crippen LogP contribution in [0.4, 0.5) is 10.1 Å². The topological polar surface area (TPSA) is 93.4 Å². The first kappa shape index (κ1) is 11.9. The Balaban J connectivity index is 2.89. The first-order valence-corrected chi connectivity index (χ1v) is 4.24. The van der Waals surface area contributed by atoms with E-state index in [9.17, 15) is 14.0 Å². The smallest absolute Gasteiger partial charge is 0.323 e. The highest BCUT2D eigenvalue weighted by Gasteiger charge is 2.14. The summed E-state index contributed by atoms with van der Waals surface area (Å²) in [6.07, 6.45) is 0. The molecule has 0 aliphatic carbocycles. The number of hydrogen-bond donors (Lipinski definition) is 3. The molecule has 7 heteroatoms. The van der Waals surface area contributed by atoms with E-state index < -0.39 is 17.6 Å². The zero-order valence-corrected chi connectivity index (χ0v) is 8.41. The zero-order chi connectivity index (χ0) is 12.1. The number of carbonyl (C=O) groups is 2. The van der Waals surface area contributed by atoms with Crippen LogP contribution in [0.2, 0.25) is 0 Å². The largest absolute Gasteiger partial charge is 0.494 e. The lowest BCUT2D eigenvalue weighted by atomic mass is 10.3. The summed E-state index contributed by atoms with van der Waals surface area (Å²) >= 11 is 0. The number of ether oxygens (including phenoxy) is 1. The van der Waals surface area contributed by atoms with Crippen LogP contribution in [-0.4, -0.2) is 18.9 Å². The maximum atomic E-state index is 12.8. The average molecular weight is 227 g/mol. The Hall–Kier alpha value is -2.15. The molecule has 0 aliphatic rings. The molecule has 0 atom stereocenters. The number of rotatable bonds is 2. The molecule has 0 aliphatic heterocycles. The van der Waals surface area contributed by atoms with Crippen LogP contribution in [-0.2, 0) is 9.59 Å². The van der Waals surface area contributed by atoms with Crippen LogP contribution in [0.5, 0.6) is 5.75 Å². The van der Waals surface area contributed by atoms with Gasteiger partial charge in [-0.05, 0) is 12.1 Å². The molecular formula is C9H10FN3O3. The second-order valence-corrected chi connectivity index (χ2v) is 2.77. The first-order chi connectivity index (χ1) is 7.58. The van der Waals surface area contributed by atoms with Gasteiger partial charge in [0.15, 0.2) is 0 Å². The molecule has 0 unspecified atom stereocenters. The van der Waals surface area contributed by atoms with E-state index in [-0.39, 0.29) is 11.4 Å². The molecule has 0 spiro atoms. The Bertz CT molecular complexity index is 422. The van der Waals surface area contributed by atoms with Gasteiger partial charge >= 0.3 is 11.8 Å². The van der Waals surface area contributed by atoms with Crippen molar-refractivity contribution < 1.29 is 18.7 Å². The number of benzene rings is 1. The number of nitrogens with one attached hydrogen (secondary N) is 2. The van der Waals surface area contributed by atoms with Crippen molar-refractivity contribution in [3.8, 4) is 5.75 Å². The second kappa shape index (κ2) is 5.08. The Morgan fingerprint density at radius 3 is 2.62 bits per heavy atom. The van der Waals surface area contributed by atoms with Crippen LogP contribution >= 0.6 is 0 Å². The maximum absolute atomic E-state index is 12.8. The van der Waals surface area contributed by atoms with Crippen LogP contribution in [0.1, 0.15) is 0 Å². The average Bonchev–Trinajstić information content (AvgIpc) is 2.30. The fraction of sp³-hybridized carbons (Fsp3) is 0.111. The van der Waals surface area contributed by atoms with Gasteiger partial charge in [-0.25, -0.2) is 10.2 Å². The lowest BCUT2D eigenvalue weighted by molar-refractivity contribution is -0.136. The monoisotopic (exact) mass is 227 g/mol. The van der Waals surface area contributed by atoms with E-state index in [1.54, 1.807) is 5.43 Å². The minimum absolute atomic E-state index is 0.109. The van der Waals surface area contributed by atoms with Crippen LogP contribution in [0.3, 0.4) is 0 Å². The summed E-state index contributed by atoms with van der Waals surface area (Å²) < 4.78 is 17.6. The summed E-state index contributed by atoms with van der Waals surface area (Å²) in [6, 6.07) is 3.48. The lowest BCUT2D eigenvalue weighted by Gasteiger charge is -2.09. The molecule has 0 saturated heterocycles. The molecule has 4 N–H and O–H groups in total. The standard InChI is InChI=1S/C9H10FN3O3/c1-16-7-4-5(10)2-3-6(7)12-8(14)9(15)13-11/h2-4H,11H2,1H3,(H,12,14)(H,13,15). The summed E-state index contributed by atoms with van der Waals surface area (Å²) in [5.41, 5.74) is 1.85. The van der Waals surface area contributed by atoms with Crippen LogP contribution in [0.15, 0.2) is 18.2 Å². The first-order valence-electron chi connectivity index (χ1n) is 4.24. The van der Waals surface area contributed by atoms with Gasteiger partial charge in [0, 0.05) is 6.07 Å². The van der Waals surface area contributed by atoms with E-state index in [1.165, 1.54) is 13.2 Å². The van der Waals surface area contributed by atoms with Gasteiger partial charge < -0.3 is 10.1 Å². The van der Waals surface area contributed by atoms with Crippen molar-refractivity contribution in [2.24, 2.45) is 5.84 Å². The van der Waals surface area contributed by atoms with Crippen LogP contribution in [0.25, 0.3) is 0 Å². The highest BCUT2D eigenvalue weighted by molar-refractivity contribution is 6.39. The number of amides is 2. The van der Waals surface area contributed by atoms with Gasteiger partial charge in [0.05, 0.1) is 12.8 Å². The van der Waals surface area contributed by atoms with E-state index >= 15 is 0 Å². The third kappa shape index (κ3) is 2.67. The predicted molar refractivity (Wildman–Crippen MR) is 53.9 cm³/mol. The van der Waals surface area contributed by atoms with E-state index in [1.807, 2.05) is 0 Å². The minimum atomic E-state index is -1.01. The van der Waals surface area contributed by atoms with Crippen molar-refractivity contribution in [1.82, 2.24) is 5.43 Å². The van der Waals surface area contributed by atoms with Gasteiger partial charge in [0.1, 0.15) is 11.6 Å². The molecule has 2 amide bonds. The summed E-state index contributed by atoms with van der Waals surface area (Å²) in [7, 11) is 1.31. The van der Waals surface area contributed by atoms with Gasteiger partial charge in [-0.1, -0.05) is 0 Å². The van der Waals surface area contributed by atoms with E-state index in [2.05, 4.69) is 5.32 Å². The van der Waals surface area contributed by atoms with Crippen molar-refractivity contribution >= 4 is 17.5 Å². The minimum Gasteiger partial charge on any atom is -0.494 e. The summed E-state index contributed by atoms with van der Waals surface area (Å²) in [5.74, 6) is 2.39. The van der Waals surface area contributed by atoms with Gasteiger partial charge in [-0.15, -0.1) is 0 Å². The van der Waals surface area contributed by atoms with E-state index in [4.69, 9.17) is 10.6 Å². The number of nitrogens with two attached hydrogens (primary N) is 1.